The average Bonchev–Trinajstić information content (AvgIpc) is 2.01. The molecule has 0 aromatic heterocycles. The molecule has 0 unspecified atom stereocenters. The summed E-state index contributed by atoms with van der Waals surface area (Å²) in [5.74, 6) is -0.162. The van der Waals surface area contributed by atoms with E-state index in [1.54, 1.807) is 6.07 Å². The maximum Gasteiger partial charge on any atom is 0.125 e. The van der Waals surface area contributed by atoms with Crippen molar-refractivity contribution >= 4 is 5.69 Å². The second kappa shape index (κ2) is 3.57. The Kier molecular flexibility index (Phi) is 2.69. The van der Waals surface area contributed by atoms with Gasteiger partial charge in [-0.15, -0.1) is 0 Å². The van der Waals surface area contributed by atoms with Gasteiger partial charge < -0.3 is 4.90 Å². The molecule has 0 radical (unpaired) electrons. The molecule has 0 amide bonds. The van der Waals surface area contributed by atoms with Crippen LogP contribution in [0.2, 0.25) is 0 Å². The highest BCUT2D eigenvalue weighted by Gasteiger charge is 2.00. The van der Waals surface area contributed by atoms with Crippen molar-refractivity contribution in [1.82, 2.24) is 0 Å². The monoisotopic (exact) mass is 167 g/mol. The molecule has 1 rings (SSSR count). The maximum atomic E-state index is 12.9. The third-order valence-electron chi connectivity index (χ3n) is 1.94. The van der Waals surface area contributed by atoms with Crippen LogP contribution < -0.4 is 4.90 Å². The Hall–Kier alpha value is -1.05. The van der Waals surface area contributed by atoms with Gasteiger partial charge in [-0.3, -0.25) is 0 Å². The van der Waals surface area contributed by atoms with E-state index in [2.05, 4.69) is 0 Å². The first-order valence-corrected chi connectivity index (χ1v) is 4.12. The fraction of sp³-hybridized carbons (Fsp3) is 0.400. The molecule has 2 heteroatoms. The van der Waals surface area contributed by atoms with E-state index in [0.29, 0.717) is 0 Å². The van der Waals surface area contributed by atoms with E-state index in [0.717, 1.165) is 17.8 Å². The molecule has 0 aliphatic heterocycles. The molecular weight excluding hydrogens is 153 g/mol. The third-order valence-corrected chi connectivity index (χ3v) is 1.94. The highest BCUT2D eigenvalue weighted by atomic mass is 19.1. The van der Waals surface area contributed by atoms with Gasteiger partial charge in [-0.05, 0) is 37.6 Å². The van der Waals surface area contributed by atoms with Crippen LogP contribution >= 0.6 is 0 Å². The fourth-order valence-electron chi connectivity index (χ4n) is 1.12. The van der Waals surface area contributed by atoms with E-state index in [-0.39, 0.29) is 5.82 Å². The van der Waals surface area contributed by atoms with Gasteiger partial charge in [-0.1, -0.05) is 0 Å². The molecule has 0 saturated carbocycles. The Morgan fingerprint density at radius 3 is 2.50 bits per heavy atom. The Bertz CT molecular complexity index is 250. The first kappa shape index (κ1) is 9.04. The number of hydrogen-bond donors (Lipinski definition) is 0. The fourth-order valence-corrected chi connectivity index (χ4v) is 1.12. The summed E-state index contributed by atoms with van der Waals surface area (Å²) >= 11 is 0. The molecule has 0 spiro atoms. The van der Waals surface area contributed by atoms with Gasteiger partial charge >= 0.3 is 0 Å². The number of rotatable bonds is 2. The van der Waals surface area contributed by atoms with Crippen LogP contribution in [0.3, 0.4) is 0 Å². The van der Waals surface area contributed by atoms with E-state index in [4.69, 9.17) is 0 Å². The second-order valence-electron chi connectivity index (χ2n) is 3.00. The van der Waals surface area contributed by atoms with E-state index in [1.807, 2.05) is 31.9 Å². The molecule has 12 heavy (non-hydrogen) atoms. The number of anilines is 1. The van der Waals surface area contributed by atoms with Gasteiger partial charge in [0.1, 0.15) is 5.82 Å². The molecule has 0 aliphatic carbocycles. The lowest BCUT2D eigenvalue weighted by atomic mass is 10.2. The minimum atomic E-state index is -0.162. The quantitative estimate of drug-likeness (QED) is 0.654. The summed E-state index contributed by atoms with van der Waals surface area (Å²) in [6.07, 6.45) is 0. The van der Waals surface area contributed by atoms with Gasteiger partial charge in [0.05, 0.1) is 0 Å². The van der Waals surface area contributed by atoms with E-state index in [1.165, 1.54) is 6.07 Å². The van der Waals surface area contributed by atoms with Crippen molar-refractivity contribution in [3.63, 3.8) is 0 Å². The van der Waals surface area contributed by atoms with Gasteiger partial charge in [0, 0.05) is 19.3 Å². The van der Waals surface area contributed by atoms with Gasteiger partial charge in [-0.25, -0.2) is 4.39 Å². The Morgan fingerprint density at radius 1 is 1.33 bits per heavy atom. The molecule has 0 bridgehead atoms. The Labute approximate surface area is 72.8 Å². The van der Waals surface area contributed by atoms with Crippen molar-refractivity contribution < 1.29 is 4.39 Å². The lowest BCUT2D eigenvalue weighted by Crippen LogP contribution is -2.15. The van der Waals surface area contributed by atoms with Gasteiger partial charge in [-0.2, -0.15) is 0 Å². The summed E-state index contributed by atoms with van der Waals surface area (Å²) in [7, 11) is 1.95. The smallest absolute Gasteiger partial charge is 0.125 e. The van der Waals surface area contributed by atoms with Crippen LogP contribution in [0.5, 0.6) is 0 Å². The van der Waals surface area contributed by atoms with Crippen LogP contribution in [-0.2, 0) is 0 Å². The van der Waals surface area contributed by atoms with Crippen molar-refractivity contribution in [2.75, 3.05) is 18.5 Å². The Morgan fingerprint density at radius 2 is 2.00 bits per heavy atom. The minimum Gasteiger partial charge on any atom is -0.375 e. The molecule has 66 valence electrons. The highest BCUT2D eigenvalue weighted by molar-refractivity contribution is 5.47. The molecule has 0 aliphatic rings. The van der Waals surface area contributed by atoms with Gasteiger partial charge in [0.25, 0.3) is 0 Å². The third kappa shape index (κ3) is 1.97. The molecule has 1 aromatic carbocycles. The molecule has 0 fully saturated rings. The molecular formula is C10H14FN. The van der Waals surface area contributed by atoms with Gasteiger partial charge in [0.15, 0.2) is 0 Å². The van der Waals surface area contributed by atoms with E-state index in [9.17, 15) is 4.39 Å². The van der Waals surface area contributed by atoms with Crippen LogP contribution in [0.25, 0.3) is 0 Å². The molecule has 0 atom stereocenters. The summed E-state index contributed by atoms with van der Waals surface area (Å²) in [6.45, 7) is 4.83. The maximum absolute atomic E-state index is 12.9. The summed E-state index contributed by atoms with van der Waals surface area (Å²) < 4.78 is 12.9. The summed E-state index contributed by atoms with van der Waals surface area (Å²) in [6, 6.07) is 5.07. The predicted molar refractivity (Wildman–Crippen MR) is 50.1 cm³/mol. The molecule has 1 nitrogen and oxygen atoms in total. The summed E-state index contributed by atoms with van der Waals surface area (Å²) in [4.78, 5) is 2.01. The molecule has 1 aromatic rings. The predicted octanol–water partition coefficient (Wildman–Crippen LogP) is 2.59. The SMILES string of the molecule is CCN(C)c1cc(C)cc(F)c1. The zero-order valence-corrected chi connectivity index (χ0v) is 7.76. The number of nitrogens with zero attached hydrogens (tertiary/aromatic N) is 1. The van der Waals surface area contributed by atoms with Crippen LogP contribution in [0, 0.1) is 12.7 Å². The van der Waals surface area contributed by atoms with Crippen LogP contribution in [0.1, 0.15) is 12.5 Å². The average molecular weight is 167 g/mol. The number of hydrogen-bond acceptors (Lipinski definition) is 1. The molecule has 0 N–H and O–H groups in total. The van der Waals surface area contributed by atoms with Crippen LogP contribution in [-0.4, -0.2) is 13.6 Å². The molecule has 0 saturated heterocycles. The summed E-state index contributed by atoms with van der Waals surface area (Å²) in [5, 5.41) is 0. The standard InChI is InChI=1S/C10H14FN/c1-4-12(3)10-6-8(2)5-9(11)7-10/h5-7H,4H2,1-3H3. The second-order valence-corrected chi connectivity index (χ2v) is 3.00. The zero-order chi connectivity index (χ0) is 9.14. The summed E-state index contributed by atoms with van der Waals surface area (Å²) in [5.41, 5.74) is 1.90. The number of halogens is 1. The minimum absolute atomic E-state index is 0.162. The van der Waals surface area contributed by atoms with E-state index < -0.39 is 0 Å². The Balaban J connectivity index is 3.00. The lowest BCUT2D eigenvalue weighted by molar-refractivity contribution is 0.626. The zero-order valence-electron chi connectivity index (χ0n) is 7.76. The first-order chi connectivity index (χ1) is 5.63. The van der Waals surface area contributed by atoms with E-state index >= 15 is 0 Å². The number of benzene rings is 1. The van der Waals surface area contributed by atoms with Crippen molar-refractivity contribution in [2.45, 2.75) is 13.8 Å². The molecule has 0 heterocycles. The van der Waals surface area contributed by atoms with Crippen LogP contribution in [0.4, 0.5) is 10.1 Å². The normalized spacial score (nSPS) is 10.0. The topological polar surface area (TPSA) is 3.24 Å². The number of aryl methyl sites for hydroxylation is 1. The van der Waals surface area contributed by atoms with Crippen molar-refractivity contribution in [2.24, 2.45) is 0 Å². The van der Waals surface area contributed by atoms with Crippen molar-refractivity contribution in [3.05, 3.63) is 29.6 Å². The van der Waals surface area contributed by atoms with Crippen molar-refractivity contribution in [3.8, 4) is 0 Å². The van der Waals surface area contributed by atoms with Crippen LogP contribution in [0.15, 0.2) is 18.2 Å². The van der Waals surface area contributed by atoms with Crippen molar-refractivity contribution in [1.29, 1.82) is 0 Å². The van der Waals surface area contributed by atoms with Gasteiger partial charge in [0.2, 0.25) is 0 Å². The lowest BCUT2D eigenvalue weighted by Gasteiger charge is -2.17. The highest BCUT2D eigenvalue weighted by Crippen LogP contribution is 2.16. The largest absolute Gasteiger partial charge is 0.375 e. The first-order valence-electron chi connectivity index (χ1n) is 4.12.